The Kier molecular flexibility index (Phi) is 2.07. The van der Waals surface area contributed by atoms with E-state index in [2.05, 4.69) is 10.8 Å². The maximum atomic E-state index is 12.7. The van der Waals surface area contributed by atoms with Gasteiger partial charge in [0.05, 0.1) is 18.7 Å². The molecule has 1 rings (SSSR count). The standard InChI is InChI=1S/C8H5FNO/c1-11-7-3-2-6(5-10)8(9)4-7/h2-3H,1H3. The van der Waals surface area contributed by atoms with E-state index in [1.807, 2.05) is 0 Å². The third-order valence-corrected chi connectivity index (χ3v) is 1.21. The minimum absolute atomic E-state index is 0.0224. The highest BCUT2D eigenvalue weighted by atomic mass is 19.1. The molecule has 0 aliphatic heterocycles. The van der Waals surface area contributed by atoms with Gasteiger partial charge in [0, 0.05) is 0 Å². The monoisotopic (exact) mass is 150 g/mol. The molecular formula is C8H5FNO. The fourth-order valence-electron chi connectivity index (χ4n) is 0.655. The molecule has 0 aliphatic rings. The van der Waals surface area contributed by atoms with Gasteiger partial charge in [-0.2, -0.15) is 5.26 Å². The largest absolute Gasteiger partial charge is 0.496 e. The van der Waals surface area contributed by atoms with Crippen LogP contribution >= 0.6 is 0 Å². The van der Waals surface area contributed by atoms with Gasteiger partial charge in [0.25, 0.3) is 0 Å². The lowest BCUT2D eigenvalue weighted by atomic mass is 10.2. The minimum atomic E-state index is -0.674. The first-order chi connectivity index (χ1) is 5.27. The Bertz CT molecular complexity index is 303. The van der Waals surface area contributed by atoms with Crippen LogP contribution in [0.1, 0.15) is 5.56 Å². The molecule has 11 heavy (non-hydrogen) atoms. The summed E-state index contributed by atoms with van der Waals surface area (Å²) >= 11 is 0. The van der Waals surface area contributed by atoms with Crippen molar-refractivity contribution in [3.05, 3.63) is 29.6 Å². The molecule has 3 heteroatoms. The molecule has 2 nitrogen and oxygen atoms in total. The molecule has 0 saturated carbocycles. The van der Waals surface area contributed by atoms with E-state index in [1.54, 1.807) is 6.07 Å². The van der Waals surface area contributed by atoms with Crippen molar-refractivity contribution in [2.75, 3.05) is 7.11 Å². The van der Waals surface area contributed by atoms with Gasteiger partial charge in [-0.25, -0.2) is 4.39 Å². The van der Waals surface area contributed by atoms with Crippen LogP contribution in [0.5, 0.6) is 5.75 Å². The van der Waals surface area contributed by atoms with E-state index in [0.717, 1.165) is 0 Å². The maximum Gasteiger partial charge on any atom is 0.152 e. The SMILES string of the molecule is COc1[c]c(F)c(C#N)cc1. The Morgan fingerprint density at radius 2 is 2.36 bits per heavy atom. The summed E-state index contributed by atoms with van der Waals surface area (Å²) in [4.78, 5) is 0. The number of methoxy groups -OCH3 is 1. The van der Waals surface area contributed by atoms with Crippen molar-refractivity contribution in [3.8, 4) is 11.8 Å². The molecule has 0 aromatic heterocycles. The average Bonchev–Trinajstić information content (AvgIpc) is 2.04. The zero-order valence-electron chi connectivity index (χ0n) is 5.89. The van der Waals surface area contributed by atoms with Gasteiger partial charge in [0.1, 0.15) is 11.8 Å². The van der Waals surface area contributed by atoms with Crippen LogP contribution < -0.4 is 4.74 Å². The number of benzene rings is 1. The first-order valence-electron chi connectivity index (χ1n) is 2.94. The Labute approximate surface area is 63.8 Å². The van der Waals surface area contributed by atoms with Crippen molar-refractivity contribution >= 4 is 0 Å². The number of nitriles is 1. The highest BCUT2D eigenvalue weighted by Gasteiger charge is 2.01. The van der Waals surface area contributed by atoms with Crippen molar-refractivity contribution in [1.82, 2.24) is 0 Å². The predicted octanol–water partition coefficient (Wildman–Crippen LogP) is 1.51. The summed E-state index contributed by atoms with van der Waals surface area (Å²) in [5, 5.41) is 8.33. The molecule has 1 radical (unpaired) electrons. The number of hydrogen-bond acceptors (Lipinski definition) is 2. The van der Waals surface area contributed by atoms with Crippen LogP contribution in [0.25, 0.3) is 0 Å². The molecule has 0 unspecified atom stereocenters. The minimum Gasteiger partial charge on any atom is -0.496 e. The first-order valence-corrected chi connectivity index (χ1v) is 2.94. The van der Waals surface area contributed by atoms with Crippen molar-refractivity contribution in [2.45, 2.75) is 0 Å². The summed E-state index contributed by atoms with van der Waals surface area (Å²) in [6.45, 7) is 0. The molecule has 0 atom stereocenters. The van der Waals surface area contributed by atoms with Gasteiger partial charge in [-0.1, -0.05) is 0 Å². The Morgan fingerprint density at radius 1 is 1.64 bits per heavy atom. The highest BCUT2D eigenvalue weighted by Crippen LogP contribution is 2.13. The maximum absolute atomic E-state index is 12.7. The molecule has 0 bridgehead atoms. The molecule has 0 heterocycles. The molecule has 0 N–H and O–H groups in total. The molecule has 0 spiro atoms. The van der Waals surface area contributed by atoms with Crippen LogP contribution in [0.4, 0.5) is 4.39 Å². The average molecular weight is 150 g/mol. The van der Waals surface area contributed by atoms with Crippen LogP contribution in [0.2, 0.25) is 0 Å². The number of ether oxygens (including phenoxy) is 1. The third-order valence-electron chi connectivity index (χ3n) is 1.21. The van der Waals surface area contributed by atoms with Crippen molar-refractivity contribution < 1.29 is 9.13 Å². The second-order valence-corrected chi connectivity index (χ2v) is 1.87. The van der Waals surface area contributed by atoms with Gasteiger partial charge in [-0.15, -0.1) is 0 Å². The quantitative estimate of drug-likeness (QED) is 0.607. The second kappa shape index (κ2) is 3.02. The van der Waals surface area contributed by atoms with Gasteiger partial charge >= 0.3 is 0 Å². The van der Waals surface area contributed by atoms with E-state index < -0.39 is 5.82 Å². The number of hydrogen-bond donors (Lipinski definition) is 0. The van der Waals surface area contributed by atoms with Gasteiger partial charge in [0.2, 0.25) is 0 Å². The van der Waals surface area contributed by atoms with E-state index in [9.17, 15) is 4.39 Å². The smallest absolute Gasteiger partial charge is 0.152 e. The van der Waals surface area contributed by atoms with Gasteiger partial charge in [-0.05, 0) is 12.1 Å². The summed E-state index contributed by atoms with van der Waals surface area (Å²) in [5.41, 5.74) is -0.0224. The van der Waals surface area contributed by atoms with Crippen molar-refractivity contribution in [2.24, 2.45) is 0 Å². The Hall–Kier alpha value is -1.56. The lowest BCUT2D eigenvalue weighted by Gasteiger charge is -1.97. The van der Waals surface area contributed by atoms with Crippen LogP contribution in [0.15, 0.2) is 12.1 Å². The lowest BCUT2D eigenvalue weighted by Crippen LogP contribution is -1.87. The fourth-order valence-corrected chi connectivity index (χ4v) is 0.655. The summed E-state index contributed by atoms with van der Waals surface area (Å²) in [6, 6.07) is 6.79. The van der Waals surface area contributed by atoms with E-state index in [-0.39, 0.29) is 5.56 Å². The molecule has 0 aliphatic carbocycles. The fraction of sp³-hybridized carbons (Fsp3) is 0.125. The molecule has 1 aromatic rings. The topological polar surface area (TPSA) is 33.0 Å². The van der Waals surface area contributed by atoms with Gasteiger partial charge < -0.3 is 4.74 Å². The van der Waals surface area contributed by atoms with Crippen LogP contribution in [0, 0.1) is 23.2 Å². The Balaban J connectivity index is 3.12. The van der Waals surface area contributed by atoms with E-state index >= 15 is 0 Å². The lowest BCUT2D eigenvalue weighted by molar-refractivity contribution is 0.410. The predicted molar refractivity (Wildman–Crippen MR) is 36.5 cm³/mol. The zero-order valence-corrected chi connectivity index (χ0v) is 5.89. The van der Waals surface area contributed by atoms with Crippen LogP contribution in [-0.4, -0.2) is 7.11 Å². The molecule has 0 saturated heterocycles. The van der Waals surface area contributed by atoms with E-state index in [0.29, 0.717) is 5.75 Å². The molecular weight excluding hydrogens is 145 g/mol. The summed E-state index contributed by atoms with van der Waals surface area (Å²) in [6.07, 6.45) is 0. The van der Waals surface area contributed by atoms with Gasteiger partial charge in [0.15, 0.2) is 5.82 Å². The van der Waals surface area contributed by atoms with Crippen molar-refractivity contribution in [1.29, 1.82) is 5.26 Å². The zero-order chi connectivity index (χ0) is 8.27. The second-order valence-electron chi connectivity index (χ2n) is 1.87. The summed E-state index contributed by atoms with van der Waals surface area (Å²) < 4.78 is 17.4. The third kappa shape index (κ3) is 1.47. The van der Waals surface area contributed by atoms with Gasteiger partial charge in [-0.3, -0.25) is 0 Å². The van der Waals surface area contributed by atoms with Crippen LogP contribution in [-0.2, 0) is 0 Å². The molecule has 1 aromatic carbocycles. The number of nitrogens with zero attached hydrogens (tertiary/aromatic N) is 1. The Morgan fingerprint density at radius 3 is 2.82 bits per heavy atom. The molecule has 0 fully saturated rings. The number of rotatable bonds is 1. The first kappa shape index (κ1) is 7.55. The van der Waals surface area contributed by atoms with E-state index in [4.69, 9.17) is 5.26 Å². The van der Waals surface area contributed by atoms with Crippen LogP contribution in [0.3, 0.4) is 0 Å². The molecule has 0 amide bonds. The van der Waals surface area contributed by atoms with Crippen molar-refractivity contribution in [3.63, 3.8) is 0 Å². The summed E-state index contributed by atoms with van der Waals surface area (Å²) in [7, 11) is 1.41. The highest BCUT2D eigenvalue weighted by molar-refractivity contribution is 5.35. The number of halogens is 1. The summed E-state index contributed by atoms with van der Waals surface area (Å²) in [5.74, 6) is -0.381. The normalized spacial score (nSPS) is 8.82. The molecule has 55 valence electrons. The van der Waals surface area contributed by atoms with E-state index in [1.165, 1.54) is 19.2 Å².